The normalized spacial score (nSPS) is 11.4. The Morgan fingerprint density at radius 2 is 1.56 bits per heavy atom. The Morgan fingerprint density at radius 3 is 2.12 bits per heavy atom. The average Bonchev–Trinajstić information content (AvgIpc) is 3.18. The Hall–Kier alpha value is -0.617. The van der Waals surface area contributed by atoms with Gasteiger partial charge in [0.15, 0.2) is 0 Å². The van der Waals surface area contributed by atoms with Gasteiger partial charge in [0.05, 0.1) is 0 Å². The first-order valence-electron chi connectivity index (χ1n) is 7.75. The van der Waals surface area contributed by atoms with Crippen LogP contribution in [0.25, 0.3) is 11.1 Å². The van der Waals surface area contributed by atoms with Crippen LogP contribution in [0, 0.1) is 18.1 Å². The van der Waals surface area contributed by atoms with Gasteiger partial charge in [0.1, 0.15) is 0 Å². The second-order valence-electron chi connectivity index (χ2n) is 5.90. The summed E-state index contributed by atoms with van der Waals surface area (Å²) in [6.07, 6.45) is 11.0. The maximum atomic E-state index is 3.30. The Balaban J connectivity index is 0. The predicted molar refractivity (Wildman–Crippen MR) is 95.4 cm³/mol. The van der Waals surface area contributed by atoms with Crippen molar-refractivity contribution in [3.63, 3.8) is 0 Å². The zero-order valence-electron chi connectivity index (χ0n) is 14.9. The SMILES string of the molecule is C[C-](C)C.[C-]1=CC=CC1.[Cl-].[Cl-].[Zr+2].[c-]1cccc2c1Cc1ccccc1-2. The Morgan fingerprint density at radius 1 is 0.920 bits per heavy atom. The molecule has 0 fully saturated rings. The van der Waals surface area contributed by atoms with Gasteiger partial charge in [-0.3, -0.25) is 6.08 Å². The van der Waals surface area contributed by atoms with Crippen LogP contribution in [0.4, 0.5) is 0 Å². The third-order valence-corrected chi connectivity index (χ3v) is 3.20. The minimum Gasteiger partial charge on any atom is -1.00 e. The first-order valence-corrected chi connectivity index (χ1v) is 7.75. The van der Waals surface area contributed by atoms with E-state index in [0.717, 1.165) is 12.8 Å². The van der Waals surface area contributed by atoms with E-state index in [1.54, 1.807) is 0 Å². The summed E-state index contributed by atoms with van der Waals surface area (Å²) in [4.78, 5) is 0. The van der Waals surface area contributed by atoms with E-state index in [2.05, 4.69) is 75.4 Å². The Kier molecular flexibility index (Phi) is 15.5. The van der Waals surface area contributed by atoms with Crippen LogP contribution in [0.15, 0.2) is 60.7 Å². The number of hydrogen-bond acceptors (Lipinski definition) is 0. The maximum Gasteiger partial charge on any atom is 2.00 e. The molecular formula is C22H23Cl2Zr-3. The number of benzene rings is 2. The van der Waals surface area contributed by atoms with Crippen molar-refractivity contribution in [1.29, 1.82) is 0 Å². The van der Waals surface area contributed by atoms with Crippen molar-refractivity contribution < 1.29 is 51.0 Å². The number of allylic oxidation sites excluding steroid dienone is 4. The molecule has 0 saturated carbocycles. The molecule has 0 aliphatic heterocycles. The second-order valence-corrected chi connectivity index (χ2v) is 5.90. The van der Waals surface area contributed by atoms with E-state index in [1.165, 1.54) is 28.2 Å². The van der Waals surface area contributed by atoms with Crippen molar-refractivity contribution in [1.82, 2.24) is 0 Å². The monoisotopic (exact) mass is 447 g/mol. The topological polar surface area (TPSA) is 0 Å². The second kappa shape index (κ2) is 14.5. The molecule has 0 N–H and O–H groups in total. The van der Waals surface area contributed by atoms with Crippen molar-refractivity contribution in [2.45, 2.75) is 33.6 Å². The van der Waals surface area contributed by atoms with Gasteiger partial charge in [0, 0.05) is 0 Å². The molecule has 0 nitrogen and oxygen atoms in total. The molecule has 132 valence electrons. The van der Waals surface area contributed by atoms with Crippen LogP contribution in [0.5, 0.6) is 0 Å². The maximum absolute atomic E-state index is 3.30. The van der Waals surface area contributed by atoms with E-state index < -0.39 is 0 Å². The molecule has 0 amide bonds. The molecule has 0 spiro atoms. The first-order chi connectivity index (χ1) is 10.7. The van der Waals surface area contributed by atoms with Crippen molar-refractivity contribution in [2.75, 3.05) is 0 Å². The van der Waals surface area contributed by atoms with E-state index in [1.807, 2.05) is 18.2 Å². The zero-order chi connectivity index (χ0) is 15.8. The molecule has 2 aromatic carbocycles. The van der Waals surface area contributed by atoms with Gasteiger partial charge >= 0.3 is 26.2 Å². The van der Waals surface area contributed by atoms with Crippen molar-refractivity contribution in [3.05, 3.63) is 89.9 Å². The summed E-state index contributed by atoms with van der Waals surface area (Å²) in [6, 6.07) is 18.1. The third kappa shape index (κ3) is 9.04. The van der Waals surface area contributed by atoms with Gasteiger partial charge in [-0.1, -0.05) is 35.4 Å². The van der Waals surface area contributed by atoms with Crippen molar-refractivity contribution >= 4 is 0 Å². The molecular weight excluding hydrogens is 426 g/mol. The molecule has 0 radical (unpaired) electrons. The quantitative estimate of drug-likeness (QED) is 0.424. The van der Waals surface area contributed by atoms with Crippen LogP contribution in [0.1, 0.15) is 38.3 Å². The summed E-state index contributed by atoms with van der Waals surface area (Å²) in [6.45, 7) is 6.25. The van der Waals surface area contributed by atoms with Crippen LogP contribution in [-0.4, -0.2) is 0 Å². The van der Waals surface area contributed by atoms with E-state index in [9.17, 15) is 0 Å². The first kappa shape index (κ1) is 26.6. The summed E-state index contributed by atoms with van der Waals surface area (Å²) in [5, 5.41) is 0. The van der Waals surface area contributed by atoms with E-state index >= 15 is 0 Å². The summed E-state index contributed by atoms with van der Waals surface area (Å²) in [5.74, 6) is 1.42. The van der Waals surface area contributed by atoms with Gasteiger partial charge in [0.25, 0.3) is 0 Å². The molecule has 0 unspecified atom stereocenters. The minimum atomic E-state index is 0. The number of halogens is 2. The van der Waals surface area contributed by atoms with Crippen molar-refractivity contribution in [2.24, 2.45) is 0 Å². The number of rotatable bonds is 0. The zero-order valence-corrected chi connectivity index (χ0v) is 18.9. The molecule has 0 aromatic heterocycles. The van der Waals surface area contributed by atoms with E-state index in [4.69, 9.17) is 0 Å². The summed E-state index contributed by atoms with van der Waals surface area (Å²) in [5.41, 5.74) is 5.51. The summed E-state index contributed by atoms with van der Waals surface area (Å²) >= 11 is 0. The standard InChI is InChI=1S/C13H9.C5H5.C4H9.2ClH.Zr/c1-3-7-12-10(5-1)9-11-6-2-4-8-13(11)12;1-2-4-5-3-1;1-4(2)3;;;/h1-5,7-8H,9H2;1-3H,4H2;1-3H3;2*1H;/q3*-1;;;+2/p-2. The molecule has 3 heteroatoms. The molecule has 0 saturated heterocycles. The molecule has 2 aliphatic rings. The van der Waals surface area contributed by atoms with Gasteiger partial charge in [0.2, 0.25) is 0 Å². The molecule has 2 aliphatic carbocycles. The smallest absolute Gasteiger partial charge is 1.00 e. The fraction of sp³-hybridized carbons (Fsp3) is 0.227. The fourth-order valence-corrected chi connectivity index (χ4v) is 2.34. The molecule has 0 bridgehead atoms. The largest absolute Gasteiger partial charge is 2.00 e. The van der Waals surface area contributed by atoms with Gasteiger partial charge in [-0.05, 0) is 6.42 Å². The third-order valence-electron chi connectivity index (χ3n) is 3.20. The van der Waals surface area contributed by atoms with Crippen molar-refractivity contribution in [3.8, 4) is 11.1 Å². The number of fused-ring (bicyclic) bond motifs is 3. The molecule has 0 heterocycles. The van der Waals surface area contributed by atoms with Gasteiger partial charge < -0.3 is 30.7 Å². The Bertz CT molecular complexity index is 604. The van der Waals surface area contributed by atoms with Crippen LogP contribution >= 0.6 is 0 Å². The van der Waals surface area contributed by atoms with Gasteiger partial charge in [-0.25, -0.2) is 12.2 Å². The predicted octanol–water partition coefficient (Wildman–Crippen LogP) is -0.0102. The molecule has 0 atom stereocenters. The van der Waals surface area contributed by atoms with Crippen LogP contribution in [-0.2, 0) is 32.6 Å². The molecule has 25 heavy (non-hydrogen) atoms. The average molecular weight is 450 g/mol. The van der Waals surface area contributed by atoms with Crippen LogP contribution in [0.2, 0.25) is 0 Å². The van der Waals surface area contributed by atoms with Gasteiger partial charge in [-0.2, -0.15) is 56.7 Å². The molecule has 4 rings (SSSR count). The summed E-state index contributed by atoms with van der Waals surface area (Å²) < 4.78 is 0. The Labute approximate surface area is 184 Å². The molecule has 2 aromatic rings. The fourth-order valence-electron chi connectivity index (χ4n) is 2.34. The van der Waals surface area contributed by atoms with Crippen LogP contribution in [0.3, 0.4) is 0 Å². The minimum absolute atomic E-state index is 0. The van der Waals surface area contributed by atoms with Gasteiger partial charge in [-0.15, -0.1) is 12.0 Å². The number of hydrogen-bond donors (Lipinski definition) is 0. The summed E-state index contributed by atoms with van der Waals surface area (Å²) in [7, 11) is 0. The van der Waals surface area contributed by atoms with E-state index in [-0.39, 0.29) is 51.0 Å². The van der Waals surface area contributed by atoms with E-state index in [0.29, 0.717) is 0 Å². The van der Waals surface area contributed by atoms with Crippen LogP contribution < -0.4 is 24.8 Å².